The summed E-state index contributed by atoms with van der Waals surface area (Å²) in [6.45, 7) is 0.785. The zero-order valence-electron chi connectivity index (χ0n) is 9.90. The Morgan fingerprint density at radius 3 is 2.94 bits per heavy atom. The summed E-state index contributed by atoms with van der Waals surface area (Å²) >= 11 is 9.30. The van der Waals surface area contributed by atoms with Crippen LogP contribution in [0.1, 0.15) is 29.6 Å². The van der Waals surface area contributed by atoms with E-state index in [2.05, 4.69) is 15.9 Å². The normalized spacial score (nSPS) is 19.9. The molecule has 0 bridgehead atoms. The van der Waals surface area contributed by atoms with Crippen LogP contribution in [0.15, 0.2) is 18.2 Å². The van der Waals surface area contributed by atoms with Crippen LogP contribution in [0.2, 0.25) is 5.02 Å². The number of aromatic hydroxyl groups is 1. The van der Waals surface area contributed by atoms with Gasteiger partial charge in [0.2, 0.25) is 0 Å². The third kappa shape index (κ3) is 2.81. The number of hydrogen-bond donors (Lipinski definition) is 1. The number of amides is 1. The van der Waals surface area contributed by atoms with Gasteiger partial charge in [0.1, 0.15) is 5.75 Å². The van der Waals surface area contributed by atoms with Crippen LogP contribution in [0.4, 0.5) is 0 Å². The van der Waals surface area contributed by atoms with E-state index in [1.165, 1.54) is 12.1 Å². The Kier molecular flexibility index (Phi) is 4.51. The van der Waals surface area contributed by atoms with Gasteiger partial charge in [-0.05, 0) is 37.5 Å². The highest BCUT2D eigenvalue weighted by Crippen LogP contribution is 2.26. The summed E-state index contributed by atoms with van der Waals surface area (Å²) in [4.78, 5) is 14.3. The monoisotopic (exact) mass is 331 g/mol. The maximum absolute atomic E-state index is 12.4. The number of phenolic OH excluding ortho intramolecular Hbond substituents is 1. The number of carbonyl (C=O) groups is 1. The molecule has 0 saturated carbocycles. The van der Waals surface area contributed by atoms with Gasteiger partial charge in [-0.2, -0.15) is 0 Å². The van der Waals surface area contributed by atoms with E-state index < -0.39 is 0 Å². The van der Waals surface area contributed by atoms with Gasteiger partial charge in [0.15, 0.2) is 0 Å². The summed E-state index contributed by atoms with van der Waals surface area (Å²) in [5.74, 6) is -0.00930. The van der Waals surface area contributed by atoms with Crippen molar-refractivity contribution in [3.05, 3.63) is 28.8 Å². The fourth-order valence-electron chi connectivity index (χ4n) is 2.23. The van der Waals surface area contributed by atoms with E-state index in [1.807, 2.05) is 4.90 Å². The van der Waals surface area contributed by atoms with Crippen molar-refractivity contribution in [2.75, 3.05) is 11.9 Å². The molecule has 98 valence electrons. The van der Waals surface area contributed by atoms with Crippen molar-refractivity contribution >= 4 is 33.4 Å². The van der Waals surface area contributed by atoms with E-state index in [0.29, 0.717) is 5.56 Å². The predicted octanol–water partition coefficient (Wildman–Crippen LogP) is 3.44. The minimum Gasteiger partial charge on any atom is -0.506 e. The number of carbonyl (C=O) groups excluding carboxylic acids is 1. The zero-order valence-corrected chi connectivity index (χ0v) is 12.2. The van der Waals surface area contributed by atoms with Crippen molar-refractivity contribution in [2.24, 2.45) is 0 Å². The largest absolute Gasteiger partial charge is 0.506 e. The molecule has 1 aliphatic heterocycles. The maximum Gasteiger partial charge on any atom is 0.254 e. The first-order chi connectivity index (χ1) is 8.63. The fourth-order valence-corrected chi connectivity index (χ4v) is 3.09. The summed E-state index contributed by atoms with van der Waals surface area (Å²) in [5.41, 5.74) is 0.533. The molecule has 1 aromatic rings. The highest BCUT2D eigenvalue weighted by Gasteiger charge is 2.26. The number of nitrogens with zero attached hydrogens (tertiary/aromatic N) is 1. The van der Waals surface area contributed by atoms with E-state index in [1.54, 1.807) is 6.07 Å². The lowest BCUT2D eigenvalue weighted by Crippen LogP contribution is -2.44. The van der Waals surface area contributed by atoms with Crippen molar-refractivity contribution in [1.29, 1.82) is 0 Å². The van der Waals surface area contributed by atoms with Gasteiger partial charge >= 0.3 is 0 Å². The minimum atomic E-state index is -0.0129. The second kappa shape index (κ2) is 5.93. The van der Waals surface area contributed by atoms with Crippen molar-refractivity contribution in [3.63, 3.8) is 0 Å². The lowest BCUT2D eigenvalue weighted by Gasteiger charge is -2.34. The van der Waals surface area contributed by atoms with Crippen LogP contribution in [0.3, 0.4) is 0 Å². The van der Waals surface area contributed by atoms with Crippen LogP contribution < -0.4 is 0 Å². The third-order valence-electron chi connectivity index (χ3n) is 3.26. The molecular formula is C13H15BrClNO2. The van der Waals surface area contributed by atoms with Gasteiger partial charge < -0.3 is 10.0 Å². The Morgan fingerprint density at radius 1 is 1.50 bits per heavy atom. The molecule has 1 unspecified atom stereocenters. The zero-order chi connectivity index (χ0) is 13.1. The minimum absolute atomic E-state index is 0.00361. The molecule has 3 nitrogen and oxygen atoms in total. The van der Waals surface area contributed by atoms with Crippen LogP contribution >= 0.6 is 27.5 Å². The molecule has 1 heterocycles. The second-order valence-corrected chi connectivity index (χ2v) is 5.52. The topological polar surface area (TPSA) is 40.5 Å². The number of alkyl halides is 1. The highest BCUT2D eigenvalue weighted by molar-refractivity contribution is 9.09. The van der Waals surface area contributed by atoms with E-state index in [9.17, 15) is 9.90 Å². The molecule has 1 atom stereocenters. The Bertz CT molecular complexity index is 453. The summed E-state index contributed by atoms with van der Waals surface area (Å²) in [6.07, 6.45) is 3.24. The van der Waals surface area contributed by atoms with Gasteiger partial charge in [-0.3, -0.25) is 4.79 Å². The molecule has 0 spiro atoms. The molecular weight excluding hydrogens is 318 g/mol. The first kappa shape index (κ1) is 13.7. The number of piperidine rings is 1. The first-order valence-electron chi connectivity index (χ1n) is 5.99. The number of benzene rings is 1. The second-order valence-electron chi connectivity index (χ2n) is 4.47. The Balaban J connectivity index is 2.21. The summed E-state index contributed by atoms with van der Waals surface area (Å²) in [5, 5.41) is 10.4. The number of rotatable bonds is 2. The van der Waals surface area contributed by atoms with Crippen molar-refractivity contribution in [1.82, 2.24) is 4.90 Å². The van der Waals surface area contributed by atoms with Crippen molar-refractivity contribution < 1.29 is 9.90 Å². The lowest BCUT2D eigenvalue weighted by molar-refractivity contribution is 0.0642. The van der Waals surface area contributed by atoms with Crippen LogP contribution in [0, 0.1) is 0 Å². The molecule has 2 rings (SSSR count). The number of hydrogen-bond acceptors (Lipinski definition) is 2. The molecule has 0 aliphatic carbocycles. The van der Waals surface area contributed by atoms with Crippen molar-refractivity contribution in [2.45, 2.75) is 25.3 Å². The SMILES string of the molecule is O=C(c1ccc(O)c(Cl)c1)N1CCCCC1CBr. The van der Waals surface area contributed by atoms with Gasteiger partial charge in [-0.15, -0.1) is 0 Å². The lowest BCUT2D eigenvalue weighted by atomic mass is 10.0. The maximum atomic E-state index is 12.4. The Labute approximate surface area is 120 Å². The quantitative estimate of drug-likeness (QED) is 0.843. The van der Waals surface area contributed by atoms with Gasteiger partial charge in [-0.1, -0.05) is 27.5 Å². The van der Waals surface area contributed by atoms with Crippen LogP contribution in [0.5, 0.6) is 5.75 Å². The molecule has 1 aliphatic rings. The third-order valence-corrected chi connectivity index (χ3v) is 4.31. The van der Waals surface area contributed by atoms with Crippen LogP contribution in [-0.4, -0.2) is 33.8 Å². The number of halogens is 2. The predicted molar refractivity (Wildman–Crippen MR) is 75.6 cm³/mol. The standard InChI is InChI=1S/C13H15BrClNO2/c14-8-10-3-1-2-6-16(10)13(18)9-4-5-12(17)11(15)7-9/h4-5,7,10,17H,1-3,6,8H2. The van der Waals surface area contributed by atoms with Crippen LogP contribution in [0.25, 0.3) is 0 Å². The molecule has 1 saturated heterocycles. The molecule has 1 fully saturated rings. The first-order valence-corrected chi connectivity index (χ1v) is 7.49. The molecule has 0 radical (unpaired) electrons. The molecule has 5 heteroatoms. The Hall–Kier alpha value is -0.740. The fraction of sp³-hybridized carbons (Fsp3) is 0.462. The van der Waals surface area contributed by atoms with Gasteiger partial charge in [0.25, 0.3) is 5.91 Å². The van der Waals surface area contributed by atoms with E-state index >= 15 is 0 Å². The van der Waals surface area contributed by atoms with Crippen LogP contribution in [-0.2, 0) is 0 Å². The van der Waals surface area contributed by atoms with Gasteiger partial charge in [0, 0.05) is 23.5 Å². The van der Waals surface area contributed by atoms with Gasteiger partial charge in [-0.25, -0.2) is 0 Å². The summed E-state index contributed by atoms with van der Waals surface area (Å²) in [7, 11) is 0. The number of likely N-dealkylation sites (tertiary alicyclic amines) is 1. The highest BCUT2D eigenvalue weighted by atomic mass is 79.9. The average molecular weight is 333 g/mol. The Morgan fingerprint density at radius 2 is 2.28 bits per heavy atom. The molecule has 1 amide bonds. The van der Waals surface area contributed by atoms with E-state index in [-0.39, 0.29) is 22.7 Å². The van der Waals surface area contributed by atoms with E-state index in [0.717, 1.165) is 31.1 Å². The average Bonchev–Trinajstić information content (AvgIpc) is 2.41. The van der Waals surface area contributed by atoms with E-state index in [4.69, 9.17) is 11.6 Å². The molecule has 1 aromatic carbocycles. The smallest absolute Gasteiger partial charge is 0.254 e. The van der Waals surface area contributed by atoms with Crippen molar-refractivity contribution in [3.8, 4) is 5.75 Å². The molecule has 1 N–H and O–H groups in total. The van der Waals surface area contributed by atoms with Gasteiger partial charge in [0.05, 0.1) is 5.02 Å². The molecule has 0 aromatic heterocycles. The summed E-state index contributed by atoms with van der Waals surface area (Å²) < 4.78 is 0. The number of phenols is 1. The summed E-state index contributed by atoms with van der Waals surface area (Å²) in [6, 6.07) is 4.85. The molecule has 18 heavy (non-hydrogen) atoms.